The van der Waals surface area contributed by atoms with Crippen molar-refractivity contribution in [1.29, 1.82) is 0 Å². The second-order valence-corrected chi connectivity index (χ2v) is 6.86. The molecule has 1 aliphatic carbocycles. The molecule has 17 heavy (non-hydrogen) atoms. The Labute approximate surface area is 114 Å². The lowest BCUT2D eigenvalue weighted by molar-refractivity contribution is 0.334. The van der Waals surface area contributed by atoms with E-state index < -0.39 is 0 Å². The Balaban J connectivity index is 1.95. The maximum atomic E-state index is 6.00. The number of hydrogen-bond acceptors (Lipinski definition) is 2. The van der Waals surface area contributed by atoms with Gasteiger partial charge < -0.3 is 5.32 Å². The van der Waals surface area contributed by atoms with E-state index in [4.69, 9.17) is 11.6 Å². The minimum atomic E-state index is 0.628. The van der Waals surface area contributed by atoms with E-state index in [1.807, 2.05) is 6.07 Å². The molecular formula is C14H22ClNS. The number of nitrogens with one attached hydrogen (secondary N) is 1. The molecule has 1 atom stereocenters. The van der Waals surface area contributed by atoms with Gasteiger partial charge in [0.05, 0.1) is 4.34 Å². The van der Waals surface area contributed by atoms with Crippen LogP contribution in [0.5, 0.6) is 0 Å². The molecule has 1 aromatic heterocycles. The highest BCUT2D eigenvalue weighted by atomic mass is 35.5. The molecule has 1 fully saturated rings. The highest BCUT2D eigenvalue weighted by molar-refractivity contribution is 7.16. The van der Waals surface area contributed by atoms with Crippen LogP contribution in [0, 0.1) is 5.92 Å². The van der Waals surface area contributed by atoms with Crippen molar-refractivity contribution < 1.29 is 0 Å². The molecule has 3 heteroatoms. The molecular weight excluding hydrogens is 250 g/mol. The molecule has 0 bridgehead atoms. The Kier molecular flexibility index (Phi) is 5.33. The normalized spacial score (nSPS) is 20.1. The number of rotatable bonds is 4. The molecule has 1 unspecified atom stereocenters. The van der Waals surface area contributed by atoms with Crippen LogP contribution < -0.4 is 5.32 Å². The van der Waals surface area contributed by atoms with Gasteiger partial charge in [-0.3, -0.25) is 0 Å². The van der Waals surface area contributed by atoms with E-state index in [9.17, 15) is 0 Å². The Bertz CT molecular complexity index is 329. The molecule has 1 heterocycles. The standard InChI is InChI=1S/C14H22ClNS/c1-16-13(10-12-8-9-14(15)17-12)11-6-4-2-3-5-7-11/h8-9,11,13,16H,2-7,10H2,1H3. The molecule has 1 aliphatic rings. The van der Waals surface area contributed by atoms with Crippen LogP contribution in [0.1, 0.15) is 43.4 Å². The molecule has 0 aromatic carbocycles. The summed E-state index contributed by atoms with van der Waals surface area (Å²) >= 11 is 7.72. The predicted molar refractivity (Wildman–Crippen MR) is 77.1 cm³/mol. The van der Waals surface area contributed by atoms with Crippen LogP contribution in [-0.2, 0) is 6.42 Å². The number of thiophene rings is 1. The summed E-state index contributed by atoms with van der Waals surface area (Å²) in [7, 11) is 2.10. The van der Waals surface area contributed by atoms with Crippen molar-refractivity contribution >= 4 is 22.9 Å². The number of halogens is 1. The third-order valence-corrected chi connectivity index (χ3v) is 5.14. The second kappa shape index (κ2) is 6.77. The Morgan fingerprint density at radius 3 is 2.53 bits per heavy atom. The zero-order valence-electron chi connectivity index (χ0n) is 10.5. The van der Waals surface area contributed by atoms with Gasteiger partial charge in [0, 0.05) is 10.9 Å². The van der Waals surface area contributed by atoms with Gasteiger partial charge in [-0.15, -0.1) is 11.3 Å². The Hall–Kier alpha value is -0.0500. The fourth-order valence-electron chi connectivity index (χ4n) is 2.90. The molecule has 1 nitrogen and oxygen atoms in total. The molecule has 1 saturated carbocycles. The average molecular weight is 272 g/mol. The van der Waals surface area contributed by atoms with Crippen LogP contribution in [-0.4, -0.2) is 13.1 Å². The number of hydrogen-bond donors (Lipinski definition) is 1. The SMILES string of the molecule is CNC(Cc1ccc(Cl)s1)C1CCCCCC1. The molecule has 1 aromatic rings. The highest BCUT2D eigenvalue weighted by Crippen LogP contribution is 2.29. The summed E-state index contributed by atoms with van der Waals surface area (Å²) < 4.78 is 0.913. The molecule has 0 spiro atoms. The minimum Gasteiger partial charge on any atom is -0.316 e. The van der Waals surface area contributed by atoms with E-state index in [0.717, 1.165) is 16.7 Å². The summed E-state index contributed by atoms with van der Waals surface area (Å²) in [6, 6.07) is 4.82. The summed E-state index contributed by atoms with van der Waals surface area (Å²) in [5.74, 6) is 0.850. The third-order valence-electron chi connectivity index (χ3n) is 3.89. The van der Waals surface area contributed by atoms with Crippen molar-refractivity contribution in [3.05, 3.63) is 21.3 Å². The van der Waals surface area contributed by atoms with Gasteiger partial charge in [-0.05, 0) is 44.4 Å². The summed E-state index contributed by atoms with van der Waals surface area (Å²) in [5.41, 5.74) is 0. The molecule has 2 rings (SSSR count). The lowest BCUT2D eigenvalue weighted by atomic mass is 9.89. The first-order valence-electron chi connectivity index (χ1n) is 6.71. The van der Waals surface area contributed by atoms with Crippen molar-refractivity contribution in [3.63, 3.8) is 0 Å². The predicted octanol–water partition coefficient (Wildman–Crippen LogP) is 4.50. The van der Waals surface area contributed by atoms with E-state index in [0.29, 0.717) is 6.04 Å². The molecule has 1 N–H and O–H groups in total. The Morgan fingerprint density at radius 2 is 2.00 bits per heavy atom. The van der Waals surface area contributed by atoms with Crippen LogP contribution in [0.25, 0.3) is 0 Å². The van der Waals surface area contributed by atoms with E-state index in [2.05, 4.69) is 18.4 Å². The van der Waals surface area contributed by atoms with E-state index in [1.165, 1.54) is 43.4 Å². The van der Waals surface area contributed by atoms with Crippen LogP contribution in [0.2, 0.25) is 4.34 Å². The third kappa shape index (κ3) is 3.97. The van der Waals surface area contributed by atoms with Crippen LogP contribution in [0.15, 0.2) is 12.1 Å². The van der Waals surface area contributed by atoms with Gasteiger partial charge in [-0.1, -0.05) is 37.3 Å². The van der Waals surface area contributed by atoms with Crippen molar-refractivity contribution in [3.8, 4) is 0 Å². The maximum absolute atomic E-state index is 6.00. The molecule has 0 saturated heterocycles. The molecule has 0 radical (unpaired) electrons. The quantitative estimate of drug-likeness (QED) is 0.795. The fourth-order valence-corrected chi connectivity index (χ4v) is 4.04. The van der Waals surface area contributed by atoms with E-state index in [-0.39, 0.29) is 0 Å². The van der Waals surface area contributed by atoms with Crippen LogP contribution >= 0.6 is 22.9 Å². The highest BCUT2D eigenvalue weighted by Gasteiger charge is 2.22. The van der Waals surface area contributed by atoms with Crippen LogP contribution in [0.4, 0.5) is 0 Å². The first kappa shape index (κ1) is 13.4. The summed E-state index contributed by atoms with van der Waals surface area (Å²) in [6.45, 7) is 0. The Morgan fingerprint density at radius 1 is 1.29 bits per heavy atom. The largest absolute Gasteiger partial charge is 0.316 e. The zero-order valence-corrected chi connectivity index (χ0v) is 12.1. The topological polar surface area (TPSA) is 12.0 Å². The monoisotopic (exact) mass is 271 g/mol. The molecule has 96 valence electrons. The average Bonchev–Trinajstić information content (AvgIpc) is 2.58. The van der Waals surface area contributed by atoms with Gasteiger partial charge in [0.2, 0.25) is 0 Å². The zero-order chi connectivity index (χ0) is 12.1. The van der Waals surface area contributed by atoms with Crippen molar-refractivity contribution in [2.24, 2.45) is 5.92 Å². The first-order valence-corrected chi connectivity index (χ1v) is 7.90. The second-order valence-electron chi connectivity index (χ2n) is 5.06. The molecule has 0 aliphatic heterocycles. The maximum Gasteiger partial charge on any atom is 0.0931 e. The summed E-state index contributed by atoms with van der Waals surface area (Å²) in [6.07, 6.45) is 9.60. The van der Waals surface area contributed by atoms with Gasteiger partial charge in [-0.25, -0.2) is 0 Å². The van der Waals surface area contributed by atoms with E-state index in [1.54, 1.807) is 11.3 Å². The van der Waals surface area contributed by atoms with Crippen molar-refractivity contribution in [1.82, 2.24) is 5.32 Å². The summed E-state index contributed by atoms with van der Waals surface area (Å²) in [4.78, 5) is 1.42. The van der Waals surface area contributed by atoms with Gasteiger partial charge in [0.15, 0.2) is 0 Å². The minimum absolute atomic E-state index is 0.628. The fraction of sp³-hybridized carbons (Fsp3) is 0.714. The number of likely N-dealkylation sites (N-methyl/N-ethyl adjacent to an activating group) is 1. The smallest absolute Gasteiger partial charge is 0.0931 e. The van der Waals surface area contributed by atoms with Crippen molar-refractivity contribution in [2.45, 2.75) is 51.0 Å². The lowest BCUT2D eigenvalue weighted by Crippen LogP contribution is -2.35. The van der Waals surface area contributed by atoms with Gasteiger partial charge in [-0.2, -0.15) is 0 Å². The summed E-state index contributed by atoms with van der Waals surface area (Å²) in [5, 5.41) is 3.52. The van der Waals surface area contributed by atoms with Gasteiger partial charge in [0.1, 0.15) is 0 Å². The van der Waals surface area contributed by atoms with E-state index >= 15 is 0 Å². The van der Waals surface area contributed by atoms with Crippen LogP contribution in [0.3, 0.4) is 0 Å². The first-order chi connectivity index (χ1) is 8.29. The van der Waals surface area contributed by atoms with Crippen molar-refractivity contribution in [2.75, 3.05) is 7.05 Å². The van der Waals surface area contributed by atoms with Gasteiger partial charge in [0.25, 0.3) is 0 Å². The van der Waals surface area contributed by atoms with Gasteiger partial charge >= 0.3 is 0 Å². The molecule has 0 amide bonds. The lowest BCUT2D eigenvalue weighted by Gasteiger charge is -2.25.